The summed E-state index contributed by atoms with van der Waals surface area (Å²) in [5.41, 5.74) is 1.72. The predicted octanol–water partition coefficient (Wildman–Crippen LogP) is 3.92. The van der Waals surface area contributed by atoms with Crippen LogP contribution in [0.5, 0.6) is 0 Å². The van der Waals surface area contributed by atoms with Crippen molar-refractivity contribution in [2.24, 2.45) is 10.9 Å². The van der Waals surface area contributed by atoms with E-state index in [1.165, 1.54) is 23.9 Å². The van der Waals surface area contributed by atoms with Gasteiger partial charge in [-0.15, -0.1) is 0 Å². The molecule has 0 radical (unpaired) electrons. The molecule has 11 nitrogen and oxygen atoms in total. The number of benzene rings is 1. The Kier molecular flexibility index (Phi) is 8.50. The number of hydrogen-bond donors (Lipinski definition) is 0. The van der Waals surface area contributed by atoms with E-state index < -0.39 is 16.9 Å². The smallest absolute Gasteiger partial charge is 0.338 e. The van der Waals surface area contributed by atoms with Gasteiger partial charge in [-0.2, -0.15) is 0 Å². The van der Waals surface area contributed by atoms with Crippen molar-refractivity contribution in [2.45, 2.75) is 46.1 Å². The molecule has 3 aliphatic heterocycles. The Morgan fingerprint density at radius 2 is 1.97 bits per heavy atom. The fourth-order valence-corrected chi connectivity index (χ4v) is 5.85. The number of hydrogen-bond acceptors (Lipinski definition) is 10. The molecule has 1 amide bonds. The number of aliphatic imine (C=N–C) groups is 1. The topological polar surface area (TPSA) is 132 Å². The van der Waals surface area contributed by atoms with Crippen LogP contribution in [0.25, 0.3) is 0 Å². The largest absolute Gasteiger partial charge is 0.466 e. The Morgan fingerprint density at radius 3 is 2.68 bits per heavy atom. The Bertz CT molecular complexity index is 1240. The zero-order valence-electron chi connectivity index (χ0n) is 21.5. The van der Waals surface area contributed by atoms with Crippen molar-refractivity contribution >= 4 is 40.5 Å². The summed E-state index contributed by atoms with van der Waals surface area (Å²) in [5.74, 6) is -1.38. The number of non-ortho nitro benzene ring substituents is 1. The van der Waals surface area contributed by atoms with Crippen molar-refractivity contribution in [2.75, 3.05) is 26.3 Å². The number of ether oxygens (including phenoxy) is 2. The van der Waals surface area contributed by atoms with Gasteiger partial charge in [0, 0.05) is 30.9 Å². The molecule has 0 aromatic heterocycles. The molecule has 0 aliphatic carbocycles. The number of esters is 2. The van der Waals surface area contributed by atoms with Crippen LogP contribution in [0, 0.1) is 16.0 Å². The third-order valence-corrected chi connectivity index (χ3v) is 7.51. The summed E-state index contributed by atoms with van der Waals surface area (Å²) in [7, 11) is 0. The highest BCUT2D eigenvalue weighted by atomic mass is 32.2. The van der Waals surface area contributed by atoms with Crippen LogP contribution >= 0.6 is 11.8 Å². The summed E-state index contributed by atoms with van der Waals surface area (Å²) in [6.07, 6.45) is 1.39. The van der Waals surface area contributed by atoms with Gasteiger partial charge < -0.3 is 19.3 Å². The third-order valence-electron chi connectivity index (χ3n) is 6.62. The molecule has 0 unspecified atom stereocenters. The third kappa shape index (κ3) is 5.59. The SMILES string of the molecule is CCOC(=O)C1=C(C)N=C2SC=C(CC(=O)N3CCC[C@H](C(=O)OCC)C3)N2[C@H]1c1cccc([N+](=O)[O-])c1. The van der Waals surface area contributed by atoms with Gasteiger partial charge in [-0.05, 0) is 44.6 Å². The van der Waals surface area contributed by atoms with E-state index in [0.29, 0.717) is 54.7 Å². The van der Waals surface area contributed by atoms with E-state index in [-0.39, 0.29) is 42.1 Å². The molecule has 1 aromatic rings. The van der Waals surface area contributed by atoms with E-state index in [1.807, 2.05) is 5.41 Å². The van der Waals surface area contributed by atoms with Crippen molar-refractivity contribution < 1.29 is 28.8 Å². The van der Waals surface area contributed by atoms with Gasteiger partial charge in [0.2, 0.25) is 5.91 Å². The molecule has 1 fully saturated rings. The number of thioether (sulfide) groups is 1. The van der Waals surface area contributed by atoms with Crippen LogP contribution in [-0.4, -0.2) is 64.0 Å². The molecular weight excluding hydrogens is 512 g/mol. The first-order valence-corrected chi connectivity index (χ1v) is 13.4. The number of allylic oxidation sites excluding steroid dienone is 1. The number of fused-ring (bicyclic) bond motifs is 1. The highest BCUT2D eigenvalue weighted by Gasteiger charge is 2.42. The molecule has 0 N–H and O–H groups in total. The zero-order chi connectivity index (χ0) is 27.4. The lowest BCUT2D eigenvalue weighted by atomic mass is 9.93. The van der Waals surface area contributed by atoms with Crippen LogP contribution in [-0.2, 0) is 23.9 Å². The first-order chi connectivity index (χ1) is 18.2. The Morgan fingerprint density at radius 1 is 1.21 bits per heavy atom. The second kappa shape index (κ2) is 11.8. The van der Waals surface area contributed by atoms with Crippen LogP contribution in [0.4, 0.5) is 5.69 Å². The van der Waals surface area contributed by atoms with Crippen molar-refractivity contribution in [3.63, 3.8) is 0 Å². The van der Waals surface area contributed by atoms with E-state index in [2.05, 4.69) is 4.99 Å². The number of piperidine rings is 1. The molecule has 0 bridgehead atoms. The summed E-state index contributed by atoms with van der Waals surface area (Å²) < 4.78 is 10.5. The van der Waals surface area contributed by atoms with Crippen LogP contribution in [0.1, 0.15) is 51.6 Å². The second-order valence-electron chi connectivity index (χ2n) is 9.07. The fraction of sp³-hybridized carbons (Fsp3) is 0.462. The molecule has 0 spiro atoms. The van der Waals surface area contributed by atoms with Gasteiger partial charge in [0.25, 0.3) is 5.69 Å². The quantitative estimate of drug-likeness (QED) is 0.272. The summed E-state index contributed by atoms with van der Waals surface area (Å²) in [5, 5.41) is 13.9. The minimum Gasteiger partial charge on any atom is -0.466 e. The first-order valence-electron chi connectivity index (χ1n) is 12.5. The van der Waals surface area contributed by atoms with Gasteiger partial charge in [-0.1, -0.05) is 23.9 Å². The van der Waals surface area contributed by atoms with Crippen molar-refractivity contribution in [1.29, 1.82) is 0 Å². The van der Waals surface area contributed by atoms with E-state index >= 15 is 0 Å². The number of carbonyl (C=O) groups is 3. The molecule has 2 atom stereocenters. The summed E-state index contributed by atoms with van der Waals surface area (Å²) in [6, 6.07) is 5.33. The molecule has 1 aromatic carbocycles. The lowest BCUT2D eigenvalue weighted by Gasteiger charge is -2.37. The van der Waals surface area contributed by atoms with Crippen molar-refractivity contribution in [3.05, 3.63) is 62.3 Å². The Hall–Kier alpha value is -3.67. The Balaban J connectivity index is 1.64. The van der Waals surface area contributed by atoms with E-state index in [0.717, 1.165) is 0 Å². The molecule has 202 valence electrons. The molecule has 38 heavy (non-hydrogen) atoms. The number of amides is 1. The van der Waals surface area contributed by atoms with Crippen LogP contribution in [0.15, 0.2) is 51.6 Å². The molecule has 1 saturated heterocycles. The number of nitro groups is 1. The number of rotatable bonds is 8. The summed E-state index contributed by atoms with van der Waals surface area (Å²) in [6.45, 7) is 6.43. The molecular formula is C26H30N4O7S. The van der Waals surface area contributed by atoms with Crippen molar-refractivity contribution in [3.8, 4) is 0 Å². The maximum Gasteiger partial charge on any atom is 0.338 e. The average Bonchev–Trinajstić information content (AvgIpc) is 3.29. The van der Waals surface area contributed by atoms with Crippen molar-refractivity contribution in [1.82, 2.24) is 9.80 Å². The predicted molar refractivity (Wildman–Crippen MR) is 141 cm³/mol. The van der Waals surface area contributed by atoms with Crippen LogP contribution in [0.2, 0.25) is 0 Å². The molecule has 3 heterocycles. The van der Waals surface area contributed by atoms with Crippen LogP contribution in [0.3, 0.4) is 0 Å². The maximum atomic E-state index is 13.4. The highest BCUT2D eigenvalue weighted by molar-refractivity contribution is 8.16. The zero-order valence-corrected chi connectivity index (χ0v) is 22.4. The lowest BCUT2D eigenvalue weighted by Crippen LogP contribution is -2.44. The van der Waals surface area contributed by atoms with Gasteiger partial charge in [-0.3, -0.25) is 19.7 Å². The van der Waals surface area contributed by atoms with E-state index in [1.54, 1.807) is 42.7 Å². The minimum atomic E-state index is -0.760. The van der Waals surface area contributed by atoms with Gasteiger partial charge >= 0.3 is 11.9 Å². The van der Waals surface area contributed by atoms with Crippen LogP contribution < -0.4 is 0 Å². The highest BCUT2D eigenvalue weighted by Crippen LogP contribution is 2.45. The summed E-state index contributed by atoms with van der Waals surface area (Å²) >= 11 is 1.32. The second-order valence-corrected chi connectivity index (χ2v) is 9.91. The fourth-order valence-electron chi connectivity index (χ4n) is 4.89. The standard InChI is InChI=1S/C26H30N4O7S/c1-4-36-24(32)18-9-7-11-28(14-18)21(31)13-20-15-38-26-27-16(3)22(25(33)37-5-2)23(29(20)26)17-8-6-10-19(12-17)30(34)35/h6,8,10,12,15,18,23H,4-5,7,9,11,13-14H2,1-3H3/t18-,23-/m0/s1. The lowest BCUT2D eigenvalue weighted by molar-refractivity contribution is -0.384. The van der Waals surface area contributed by atoms with Gasteiger partial charge in [0.05, 0.1) is 47.8 Å². The first kappa shape index (κ1) is 27.4. The summed E-state index contributed by atoms with van der Waals surface area (Å²) in [4.78, 5) is 57.8. The number of nitro benzene ring substituents is 1. The molecule has 3 aliphatic rings. The molecule has 0 saturated carbocycles. The average molecular weight is 543 g/mol. The van der Waals surface area contributed by atoms with E-state index in [4.69, 9.17) is 9.47 Å². The minimum absolute atomic E-state index is 0.0160. The Labute approximate surface area is 224 Å². The number of likely N-dealkylation sites (tertiary alicyclic amines) is 1. The normalized spacial score (nSPS) is 20.9. The number of nitrogens with zero attached hydrogens (tertiary/aromatic N) is 4. The van der Waals surface area contributed by atoms with E-state index in [9.17, 15) is 24.5 Å². The number of amidine groups is 1. The maximum absolute atomic E-state index is 13.4. The van der Waals surface area contributed by atoms with Gasteiger partial charge in [0.1, 0.15) is 0 Å². The molecule has 12 heteroatoms. The monoisotopic (exact) mass is 542 g/mol. The molecule has 4 rings (SSSR count). The number of carbonyl (C=O) groups excluding carboxylic acids is 3. The van der Waals surface area contributed by atoms with Gasteiger partial charge in [-0.25, -0.2) is 9.79 Å². The van der Waals surface area contributed by atoms with Gasteiger partial charge in [0.15, 0.2) is 5.17 Å².